The van der Waals surface area contributed by atoms with Gasteiger partial charge in [-0.1, -0.05) is 29.8 Å². The molecule has 1 N–H and O–H groups in total. The van der Waals surface area contributed by atoms with Crippen LogP contribution in [0.5, 0.6) is 5.75 Å². The minimum atomic E-state index is 0.402. The normalized spacial score (nSPS) is 18.2. The van der Waals surface area contributed by atoms with Gasteiger partial charge in [-0.2, -0.15) is 0 Å². The van der Waals surface area contributed by atoms with E-state index in [-0.39, 0.29) is 0 Å². The van der Waals surface area contributed by atoms with Gasteiger partial charge in [0.2, 0.25) is 0 Å². The number of hydrogen-bond donors (Lipinski definition) is 1. The molecule has 0 bridgehead atoms. The highest BCUT2D eigenvalue weighted by Crippen LogP contribution is 2.36. The number of aromatic nitrogens is 2. The molecule has 1 atom stereocenters. The van der Waals surface area contributed by atoms with Crippen LogP contribution >= 0.6 is 22.9 Å². The lowest BCUT2D eigenvalue weighted by atomic mass is 10.1. The zero-order chi connectivity index (χ0) is 19.5. The van der Waals surface area contributed by atoms with Gasteiger partial charge >= 0.3 is 0 Å². The smallest absolute Gasteiger partial charge is 0.138 e. The molecule has 0 radical (unpaired) electrons. The summed E-state index contributed by atoms with van der Waals surface area (Å²) in [6.45, 7) is 5.11. The van der Waals surface area contributed by atoms with Crippen LogP contribution in [-0.2, 0) is 6.54 Å². The second-order valence-electron chi connectivity index (χ2n) is 7.26. The number of likely N-dealkylation sites (tertiary alicyclic amines) is 1. The zero-order valence-corrected chi connectivity index (χ0v) is 17.8. The summed E-state index contributed by atoms with van der Waals surface area (Å²) in [6, 6.07) is 8.69. The van der Waals surface area contributed by atoms with Gasteiger partial charge in [0.1, 0.15) is 22.7 Å². The lowest BCUT2D eigenvalue weighted by molar-refractivity contribution is 0.271. The number of hydrogen-bond acceptors (Lipinski definition) is 6. The molecular formula is C21H25ClN4OS. The lowest BCUT2D eigenvalue weighted by Crippen LogP contribution is -2.26. The first-order valence-corrected chi connectivity index (χ1v) is 10.9. The van der Waals surface area contributed by atoms with E-state index in [9.17, 15) is 0 Å². The van der Waals surface area contributed by atoms with Gasteiger partial charge in [-0.3, -0.25) is 4.90 Å². The Hall–Kier alpha value is -1.89. The maximum atomic E-state index is 6.32. The molecule has 3 aromatic rings. The van der Waals surface area contributed by atoms with Crippen LogP contribution in [-0.4, -0.2) is 41.1 Å². The molecule has 0 spiro atoms. The fourth-order valence-electron chi connectivity index (χ4n) is 3.88. The zero-order valence-electron chi connectivity index (χ0n) is 16.2. The van der Waals surface area contributed by atoms with E-state index in [4.69, 9.17) is 16.3 Å². The summed E-state index contributed by atoms with van der Waals surface area (Å²) in [4.78, 5) is 12.4. The highest BCUT2D eigenvalue weighted by Gasteiger charge is 2.20. The number of thiophene rings is 1. The predicted octanol–water partition coefficient (Wildman–Crippen LogP) is 5.13. The Morgan fingerprint density at radius 3 is 2.96 bits per heavy atom. The fourth-order valence-corrected chi connectivity index (χ4v) is 5.07. The molecule has 1 aliphatic rings. The summed E-state index contributed by atoms with van der Waals surface area (Å²) in [5.74, 6) is 1.88. The van der Waals surface area contributed by atoms with Gasteiger partial charge in [-0.15, -0.1) is 11.3 Å². The van der Waals surface area contributed by atoms with Crippen LogP contribution in [0, 0.1) is 6.92 Å². The molecule has 5 nitrogen and oxygen atoms in total. The molecule has 0 saturated carbocycles. The first-order chi connectivity index (χ1) is 13.7. The number of ether oxygens (including phenoxy) is 1. The number of para-hydroxylation sites is 1. The Labute approximate surface area is 174 Å². The largest absolute Gasteiger partial charge is 0.496 e. The third-order valence-electron chi connectivity index (χ3n) is 5.42. The molecule has 4 rings (SSSR count). The van der Waals surface area contributed by atoms with Crippen LogP contribution in [0.3, 0.4) is 0 Å². The topological polar surface area (TPSA) is 50.3 Å². The van der Waals surface area contributed by atoms with Crippen molar-refractivity contribution in [1.29, 1.82) is 0 Å². The average Bonchev–Trinajstić information content (AvgIpc) is 2.86. The molecular weight excluding hydrogens is 392 g/mol. The van der Waals surface area contributed by atoms with Crippen molar-refractivity contribution < 1.29 is 4.74 Å². The van der Waals surface area contributed by atoms with Crippen molar-refractivity contribution in [1.82, 2.24) is 14.9 Å². The van der Waals surface area contributed by atoms with E-state index in [0.29, 0.717) is 6.04 Å². The van der Waals surface area contributed by atoms with Gasteiger partial charge < -0.3 is 10.1 Å². The van der Waals surface area contributed by atoms with Gasteiger partial charge in [-0.25, -0.2) is 9.97 Å². The Balaban J connectivity index is 1.44. The maximum absolute atomic E-state index is 6.32. The third kappa shape index (κ3) is 4.09. The molecule has 7 heteroatoms. The number of aryl methyl sites for hydroxylation is 1. The summed E-state index contributed by atoms with van der Waals surface area (Å²) in [5.41, 5.74) is 2.31. The van der Waals surface area contributed by atoms with Gasteiger partial charge in [0.25, 0.3) is 0 Å². The average molecular weight is 417 g/mol. The summed E-state index contributed by atoms with van der Waals surface area (Å²) < 4.78 is 6.30. The van der Waals surface area contributed by atoms with E-state index in [1.165, 1.54) is 16.9 Å². The first kappa shape index (κ1) is 19.4. The van der Waals surface area contributed by atoms with Crippen LogP contribution in [0.25, 0.3) is 10.2 Å². The number of nitrogens with zero attached hydrogens (tertiary/aromatic N) is 3. The number of nitrogens with one attached hydrogen (secondary N) is 1. The number of methoxy groups -OCH3 is 1. The van der Waals surface area contributed by atoms with Crippen LogP contribution in [0.2, 0.25) is 4.34 Å². The van der Waals surface area contributed by atoms with Crippen molar-refractivity contribution in [3.05, 3.63) is 46.1 Å². The molecule has 1 aromatic carbocycles. The highest BCUT2D eigenvalue weighted by atomic mass is 35.5. The van der Waals surface area contributed by atoms with Crippen molar-refractivity contribution in [3.63, 3.8) is 0 Å². The van der Waals surface area contributed by atoms with Gasteiger partial charge in [0.15, 0.2) is 0 Å². The predicted molar refractivity (Wildman–Crippen MR) is 117 cm³/mol. The van der Waals surface area contributed by atoms with Gasteiger partial charge in [0, 0.05) is 24.7 Å². The number of anilines is 1. The van der Waals surface area contributed by atoms with Crippen LogP contribution < -0.4 is 10.1 Å². The van der Waals surface area contributed by atoms with Crippen LogP contribution in [0.15, 0.2) is 30.6 Å². The van der Waals surface area contributed by atoms with Gasteiger partial charge in [0.05, 0.1) is 16.8 Å². The number of fused-ring (bicyclic) bond motifs is 1. The molecule has 0 amide bonds. The molecule has 1 aliphatic heterocycles. The van der Waals surface area contributed by atoms with Crippen LogP contribution in [0.4, 0.5) is 5.82 Å². The maximum Gasteiger partial charge on any atom is 0.138 e. The van der Waals surface area contributed by atoms with Crippen molar-refractivity contribution in [2.24, 2.45) is 0 Å². The van der Waals surface area contributed by atoms with E-state index in [1.54, 1.807) is 13.4 Å². The van der Waals surface area contributed by atoms with Crippen LogP contribution in [0.1, 0.15) is 30.4 Å². The summed E-state index contributed by atoms with van der Waals surface area (Å²) in [6.07, 6.45) is 4.99. The Morgan fingerprint density at radius 1 is 1.25 bits per heavy atom. The SMILES string of the molecule is COc1ccccc1CN1CCCC(Nc2ncnc3sc(Cl)c(C)c23)CC1. The number of rotatable bonds is 5. The second-order valence-corrected chi connectivity index (χ2v) is 8.86. The van der Waals surface area contributed by atoms with Gasteiger partial charge in [-0.05, 0) is 44.4 Å². The lowest BCUT2D eigenvalue weighted by Gasteiger charge is -2.22. The summed E-state index contributed by atoms with van der Waals surface area (Å²) >= 11 is 7.84. The quantitative estimate of drug-likeness (QED) is 0.624. The Kier molecular flexibility index (Phi) is 5.99. The molecule has 3 heterocycles. The molecule has 148 valence electrons. The standard InChI is InChI=1S/C21H25ClN4OS/c1-14-18-20(23-13-24-21(18)28-19(14)22)25-16-7-5-10-26(11-9-16)12-15-6-3-4-8-17(15)27-2/h3-4,6,8,13,16H,5,7,9-12H2,1-2H3,(H,23,24,25). The molecule has 0 aliphatic carbocycles. The first-order valence-electron chi connectivity index (χ1n) is 9.66. The fraction of sp³-hybridized carbons (Fsp3) is 0.429. The molecule has 2 aromatic heterocycles. The number of halogens is 1. The third-order valence-corrected chi connectivity index (χ3v) is 6.92. The number of benzene rings is 1. The Bertz CT molecular complexity index is 961. The van der Waals surface area contributed by atoms with Crippen molar-refractivity contribution >= 4 is 39.0 Å². The van der Waals surface area contributed by atoms with E-state index in [1.807, 2.05) is 19.1 Å². The summed E-state index contributed by atoms with van der Waals surface area (Å²) in [7, 11) is 1.74. The van der Waals surface area contributed by atoms with Crippen molar-refractivity contribution in [3.8, 4) is 5.75 Å². The van der Waals surface area contributed by atoms with E-state index >= 15 is 0 Å². The summed E-state index contributed by atoms with van der Waals surface area (Å²) in [5, 5.41) is 4.73. The van der Waals surface area contributed by atoms with E-state index < -0.39 is 0 Å². The molecule has 28 heavy (non-hydrogen) atoms. The molecule has 1 unspecified atom stereocenters. The molecule has 1 fully saturated rings. The van der Waals surface area contributed by atoms with E-state index in [2.05, 4.69) is 32.3 Å². The molecule has 1 saturated heterocycles. The van der Waals surface area contributed by atoms with Crippen molar-refractivity contribution in [2.45, 2.75) is 38.8 Å². The highest BCUT2D eigenvalue weighted by molar-refractivity contribution is 7.22. The second kappa shape index (κ2) is 8.64. The van der Waals surface area contributed by atoms with Crippen molar-refractivity contribution in [2.75, 3.05) is 25.5 Å². The minimum absolute atomic E-state index is 0.402. The Morgan fingerprint density at radius 2 is 2.11 bits per heavy atom. The monoisotopic (exact) mass is 416 g/mol. The van der Waals surface area contributed by atoms with E-state index in [0.717, 1.165) is 70.6 Å². The minimum Gasteiger partial charge on any atom is -0.496 e.